The van der Waals surface area contributed by atoms with E-state index in [0.29, 0.717) is 28.1 Å². The summed E-state index contributed by atoms with van der Waals surface area (Å²) < 4.78 is 5.30. The Bertz CT molecular complexity index is 731. The number of para-hydroxylation sites is 1. The zero-order chi connectivity index (χ0) is 18.4. The van der Waals surface area contributed by atoms with Gasteiger partial charge in [-0.3, -0.25) is 9.69 Å². The summed E-state index contributed by atoms with van der Waals surface area (Å²) in [4.78, 5) is 14.4. The molecule has 1 aromatic carbocycles. The van der Waals surface area contributed by atoms with Gasteiger partial charge in [-0.1, -0.05) is 29.3 Å². The van der Waals surface area contributed by atoms with Crippen LogP contribution in [0, 0.1) is 0 Å². The molecular formula is C17H19Cl2N5O2. The van der Waals surface area contributed by atoms with Gasteiger partial charge < -0.3 is 15.4 Å². The van der Waals surface area contributed by atoms with Gasteiger partial charge in [0.25, 0.3) is 5.91 Å². The first-order valence-corrected chi connectivity index (χ1v) is 9.02. The maximum atomic E-state index is 12.1. The van der Waals surface area contributed by atoms with Crippen LogP contribution >= 0.6 is 23.2 Å². The van der Waals surface area contributed by atoms with Gasteiger partial charge in [-0.05, 0) is 24.3 Å². The van der Waals surface area contributed by atoms with Crippen molar-refractivity contribution in [3.63, 3.8) is 0 Å². The molecule has 0 saturated carbocycles. The third-order valence-electron chi connectivity index (χ3n) is 3.93. The molecule has 0 atom stereocenters. The number of amides is 1. The third-order valence-corrected chi connectivity index (χ3v) is 4.56. The lowest BCUT2D eigenvalue weighted by Gasteiger charge is -2.26. The van der Waals surface area contributed by atoms with Crippen molar-refractivity contribution < 1.29 is 9.53 Å². The number of hydrogen-bond donors (Lipinski definition) is 2. The Morgan fingerprint density at radius 1 is 1.12 bits per heavy atom. The fraction of sp³-hybridized carbons (Fsp3) is 0.353. The summed E-state index contributed by atoms with van der Waals surface area (Å²) in [6.07, 6.45) is 0. The summed E-state index contributed by atoms with van der Waals surface area (Å²) in [5.41, 5.74) is 0.802. The van der Waals surface area contributed by atoms with Gasteiger partial charge in [0, 0.05) is 26.2 Å². The van der Waals surface area contributed by atoms with Crippen LogP contribution in [-0.4, -0.2) is 60.4 Å². The Labute approximate surface area is 161 Å². The number of carbonyl (C=O) groups is 1. The molecule has 1 saturated heterocycles. The van der Waals surface area contributed by atoms with Crippen molar-refractivity contribution >= 4 is 40.6 Å². The lowest BCUT2D eigenvalue weighted by molar-refractivity contribution is 0.0383. The molecule has 1 aliphatic rings. The molecule has 0 aliphatic carbocycles. The van der Waals surface area contributed by atoms with Crippen LogP contribution in [0.1, 0.15) is 10.5 Å². The van der Waals surface area contributed by atoms with Gasteiger partial charge in [0.05, 0.1) is 28.9 Å². The Morgan fingerprint density at radius 2 is 1.85 bits per heavy atom. The van der Waals surface area contributed by atoms with E-state index in [4.69, 9.17) is 27.9 Å². The Hall–Kier alpha value is -1.93. The molecule has 0 unspecified atom stereocenters. The molecule has 0 radical (unpaired) electrons. The number of rotatable bonds is 6. The predicted octanol–water partition coefficient (Wildman–Crippen LogP) is 2.59. The lowest BCUT2D eigenvalue weighted by atomic mass is 10.3. The summed E-state index contributed by atoms with van der Waals surface area (Å²) in [6, 6.07) is 8.46. The number of benzene rings is 1. The minimum Gasteiger partial charge on any atom is -0.379 e. The van der Waals surface area contributed by atoms with E-state index in [1.54, 1.807) is 30.3 Å². The maximum absolute atomic E-state index is 12.1. The van der Waals surface area contributed by atoms with E-state index >= 15 is 0 Å². The zero-order valence-corrected chi connectivity index (χ0v) is 15.6. The SMILES string of the molecule is O=C(NCCN1CCOCC1)c1ccc(Nc2c(Cl)cccc2Cl)nn1. The van der Waals surface area contributed by atoms with Crippen molar-refractivity contribution in [1.82, 2.24) is 20.4 Å². The number of anilines is 2. The van der Waals surface area contributed by atoms with Crippen LogP contribution in [0.4, 0.5) is 11.5 Å². The largest absolute Gasteiger partial charge is 0.379 e. The number of halogens is 2. The van der Waals surface area contributed by atoms with Gasteiger partial charge in [-0.25, -0.2) is 0 Å². The molecule has 9 heteroatoms. The number of hydrogen-bond acceptors (Lipinski definition) is 6. The summed E-state index contributed by atoms with van der Waals surface area (Å²) in [5, 5.41) is 14.8. The van der Waals surface area contributed by atoms with Crippen LogP contribution in [0.15, 0.2) is 30.3 Å². The molecule has 1 amide bonds. The highest BCUT2D eigenvalue weighted by atomic mass is 35.5. The van der Waals surface area contributed by atoms with Crippen LogP contribution in [-0.2, 0) is 4.74 Å². The highest BCUT2D eigenvalue weighted by Gasteiger charge is 2.12. The quantitative estimate of drug-likeness (QED) is 0.782. The number of nitrogens with one attached hydrogen (secondary N) is 2. The Balaban J connectivity index is 1.52. The van der Waals surface area contributed by atoms with Crippen molar-refractivity contribution in [2.75, 3.05) is 44.7 Å². The monoisotopic (exact) mass is 395 g/mol. The van der Waals surface area contributed by atoms with E-state index < -0.39 is 0 Å². The highest BCUT2D eigenvalue weighted by Crippen LogP contribution is 2.31. The van der Waals surface area contributed by atoms with E-state index in [1.165, 1.54) is 0 Å². The highest BCUT2D eigenvalue weighted by molar-refractivity contribution is 6.39. The average molecular weight is 396 g/mol. The molecule has 0 bridgehead atoms. The molecule has 2 aromatic rings. The summed E-state index contributed by atoms with van der Waals surface area (Å²) in [5.74, 6) is 0.193. The Kier molecular flexibility index (Phi) is 6.62. The van der Waals surface area contributed by atoms with Gasteiger partial charge in [0.15, 0.2) is 11.5 Å². The average Bonchev–Trinajstić information content (AvgIpc) is 2.66. The van der Waals surface area contributed by atoms with Gasteiger partial charge >= 0.3 is 0 Å². The van der Waals surface area contributed by atoms with Crippen molar-refractivity contribution in [2.24, 2.45) is 0 Å². The number of nitrogens with zero attached hydrogens (tertiary/aromatic N) is 3. The van der Waals surface area contributed by atoms with Crippen LogP contribution in [0.5, 0.6) is 0 Å². The normalized spacial score (nSPS) is 14.8. The standard InChI is InChI=1S/C17H19Cl2N5O2/c18-12-2-1-3-13(19)16(12)21-15-5-4-14(22-23-15)17(25)20-6-7-24-8-10-26-11-9-24/h1-5H,6-11H2,(H,20,25)(H,21,23). The summed E-state index contributed by atoms with van der Waals surface area (Å²) in [7, 11) is 0. The van der Waals surface area contributed by atoms with Crippen LogP contribution in [0.25, 0.3) is 0 Å². The van der Waals surface area contributed by atoms with Crippen molar-refractivity contribution in [3.8, 4) is 0 Å². The van der Waals surface area contributed by atoms with Gasteiger partial charge in [0.1, 0.15) is 0 Å². The number of carbonyl (C=O) groups excluding carboxylic acids is 1. The lowest BCUT2D eigenvalue weighted by Crippen LogP contribution is -2.41. The molecule has 1 aromatic heterocycles. The second-order valence-corrected chi connectivity index (χ2v) is 6.55. The van der Waals surface area contributed by atoms with E-state index in [9.17, 15) is 4.79 Å². The molecule has 3 rings (SSSR count). The van der Waals surface area contributed by atoms with E-state index in [-0.39, 0.29) is 11.6 Å². The fourth-order valence-electron chi connectivity index (χ4n) is 2.51. The molecule has 1 aliphatic heterocycles. The molecule has 2 N–H and O–H groups in total. The summed E-state index contributed by atoms with van der Waals surface area (Å²) in [6.45, 7) is 4.59. The van der Waals surface area contributed by atoms with E-state index in [0.717, 1.165) is 32.8 Å². The van der Waals surface area contributed by atoms with Crippen LogP contribution in [0.2, 0.25) is 10.0 Å². The summed E-state index contributed by atoms with van der Waals surface area (Å²) >= 11 is 12.2. The molecule has 2 heterocycles. The molecule has 1 fully saturated rings. The van der Waals surface area contributed by atoms with E-state index in [2.05, 4.69) is 25.7 Å². The molecule has 26 heavy (non-hydrogen) atoms. The first kappa shape index (κ1) is 18.8. The van der Waals surface area contributed by atoms with Gasteiger partial charge in [0.2, 0.25) is 0 Å². The molecular weight excluding hydrogens is 377 g/mol. The smallest absolute Gasteiger partial charge is 0.271 e. The van der Waals surface area contributed by atoms with E-state index in [1.807, 2.05) is 0 Å². The van der Waals surface area contributed by atoms with Crippen molar-refractivity contribution in [1.29, 1.82) is 0 Å². The van der Waals surface area contributed by atoms with Crippen molar-refractivity contribution in [3.05, 3.63) is 46.1 Å². The molecule has 7 nitrogen and oxygen atoms in total. The van der Waals surface area contributed by atoms with Crippen molar-refractivity contribution in [2.45, 2.75) is 0 Å². The van der Waals surface area contributed by atoms with Crippen LogP contribution in [0.3, 0.4) is 0 Å². The first-order valence-electron chi connectivity index (χ1n) is 8.26. The number of morpholine rings is 1. The van der Waals surface area contributed by atoms with Crippen LogP contribution < -0.4 is 10.6 Å². The second-order valence-electron chi connectivity index (χ2n) is 5.74. The minimum atomic E-state index is -0.256. The third kappa shape index (κ3) is 5.04. The first-order chi connectivity index (χ1) is 12.6. The number of ether oxygens (including phenoxy) is 1. The van der Waals surface area contributed by atoms with Gasteiger partial charge in [-0.2, -0.15) is 0 Å². The molecule has 0 spiro atoms. The number of aromatic nitrogens is 2. The maximum Gasteiger partial charge on any atom is 0.271 e. The topological polar surface area (TPSA) is 79.4 Å². The predicted molar refractivity (Wildman–Crippen MR) is 101 cm³/mol. The molecule has 138 valence electrons. The fourth-order valence-corrected chi connectivity index (χ4v) is 3.00. The second kappa shape index (κ2) is 9.14. The minimum absolute atomic E-state index is 0.253. The zero-order valence-electron chi connectivity index (χ0n) is 14.0. The van der Waals surface area contributed by atoms with Gasteiger partial charge in [-0.15, -0.1) is 10.2 Å². The Morgan fingerprint density at radius 3 is 2.50 bits per heavy atom.